The topological polar surface area (TPSA) is 57.5 Å². The summed E-state index contributed by atoms with van der Waals surface area (Å²) in [7, 11) is 0. The molecule has 1 fully saturated rings. The van der Waals surface area contributed by atoms with E-state index in [1.165, 1.54) is 23.1 Å². The van der Waals surface area contributed by atoms with Crippen molar-refractivity contribution in [3.8, 4) is 23.0 Å². The standard InChI is InChI=1S/C35H40O3/c1-5-35(6-2,30-14-13-28(25(3)21-30)17-20-34(38)18-8-7-9-19-34)31-15-16-32(26(4)22-31)29-12-10-11-27(23-29)24-33(36)37/h10-16,21-23,38H,5-9,18-19,24H2,1-4H3,(H,36,37). The average Bonchev–Trinajstić information content (AvgIpc) is 2.89. The van der Waals surface area contributed by atoms with Crippen molar-refractivity contribution in [1.82, 2.24) is 0 Å². The Kier molecular flexibility index (Phi) is 8.44. The molecule has 1 aliphatic carbocycles. The van der Waals surface area contributed by atoms with E-state index in [4.69, 9.17) is 0 Å². The second kappa shape index (κ2) is 11.6. The quantitative estimate of drug-likeness (QED) is 0.321. The highest BCUT2D eigenvalue weighted by molar-refractivity contribution is 5.73. The number of rotatable bonds is 7. The summed E-state index contributed by atoms with van der Waals surface area (Å²) in [4.78, 5) is 11.2. The van der Waals surface area contributed by atoms with Gasteiger partial charge in [-0.1, -0.05) is 86.7 Å². The lowest BCUT2D eigenvalue weighted by atomic mass is 9.69. The molecule has 0 aromatic heterocycles. The number of aliphatic hydroxyl groups is 1. The van der Waals surface area contributed by atoms with Gasteiger partial charge >= 0.3 is 5.97 Å². The minimum atomic E-state index is -0.841. The van der Waals surface area contributed by atoms with E-state index >= 15 is 0 Å². The molecule has 0 unspecified atom stereocenters. The SMILES string of the molecule is CCC(CC)(c1ccc(C#CC2(O)CCCCC2)c(C)c1)c1ccc(-c2cccc(CC(=O)O)c2)c(C)c1. The molecule has 3 heteroatoms. The molecule has 4 rings (SSSR count). The number of carboxylic acids is 1. The first-order chi connectivity index (χ1) is 18.2. The number of aryl methyl sites for hydroxylation is 2. The lowest BCUT2D eigenvalue weighted by molar-refractivity contribution is -0.136. The van der Waals surface area contributed by atoms with Gasteiger partial charge in [-0.2, -0.15) is 0 Å². The fourth-order valence-electron chi connectivity index (χ4n) is 6.09. The molecule has 3 aromatic carbocycles. The fraction of sp³-hybridized carbons (Fsp3) is 0.400. The third-order valence-electron chi connectivity index (χ3n) is 8.47. The lowest BCUT2D eigenvalue weighted by Gasteiger charge is -2.34. The van der Waals surface area contributed by atoms with Crippen LogP contribution in [0.5, 0.6) is 0 Å². The molecule has 38 heavy (non-hydrogen) atoms. The van der Waals surface area contributed by atoms with Crippen molar-refractivity contribution in [2.45, 2.75) is 90.1 Å². The van der Waals surface area contributed by atoms with Gasteiger partial charge in [-0.25, -0.2) is 0 Å². The van der Waals surface area contributed by atoms with Crippen molar-refractivity contribution < 1.29 is 15.0 Å². The van der Waals surface area contributed by atoms with Crippen LogP contribution in [-0.4, -0.2) is 21.8 Å². The van der Waals surface area contributed by atoms with Crippen molar-refractivity contribution in [3.05, 3.63) is 94.0 Å². The van der Waals surface area contributed by atoms with Gasteiger partial charge < -0.3 is 10.2 Å². The Morgan fingerprint density at radius 1 is 0.895 bits per heavy atom. The van der Waals surface area contributed by atoms with E-state index in [-0.39, 0.29) is 11.8 Å². The molecule has 0 saturated heterocycles. The first kappa shape index (κ1) is 27.7. The van der Waals surface area contributed by atoms with Crippen LogP contribution >= 0.6 is 0 Å². The summed E-state index contributed by atoms with van der Waals surface area (Å²) in [6, 6.07) is 21.2. The molecule has 0 atom stereocenters. The molecule has 3 aromatic rings. The Hall–Kier alpha value is -3.35. The summed E-state index contributed by atoms with van der Waals surface area (Å²) >= 11 is 0. The zero-order valence-electron chi connectivity index (χ0n) is 23.2. The summed E-state index contributed by atoms with van der Waals surface area (Å²) in [6.45, 7) is 8.76. The summed E-state index contributed by atoms with van der Waals surface area (Å²) < 4.78 is 0. The van der Waals surface area contributed by atoms with Crippen molar-refractivity contribution in [2.75, 3.05) is 0 Å². The van der Waals surface area contributed by atoms with E-state index in [0.717, 1.165) is 66.3 Å². The van der Waals surface area contributed by atoms with Gasteiger partial charge in [0.05, 0.1) is 6.42 Å². The van der Waals surface area contributed by atoms with Crippen LogP contribution < -0.4 is 0 Å². The summed E-state index contributed by atoms with van der Waals surface area (Å²) in [5, 5.41) is 20.0. The second-order valence-corrected chi connectivity index (χ2v) is 11.0. The van der Waals surface area contributed by atoms with E-state index in [2.05, 4.69) is 75.9 Å². The van der Waals surface area contributed by atoms with Gasteiger partial charge in [0.15, 0.2) is 0 Å². The molecular weight excluding hydrogens is 468 g/mol. The van der Waals surface area contributed by atoms with Crippen molar-refractivity contribution >= 4 is 5.97 Å². The van der Waals surface area contributed by atoms with Crippen LogP contribution in [0.2, 0.25) is 0 Å². The van der Waals surface area contributed by atoms with Crippen LogP contribution in [0.3, 0.4) is 0 Å². The van der Waals surface area contributed by atoms with Crippen molar-refractivity contribution in [3.63, 3.8) is 0 Å². The zero-order valence-corrected chi connectivity index (χ0v) is 23.2. The molecule has 0 amide bonds. The molecule has 0 aliphatic heterocycles. The largest absolute Gasteiger partial charge is 0.481 e. The molecule has 0 bridgehead atoms. The van der Waals surface area contributed by atoms with Crippen molar-refractivity contribution in [2.24, 2.45) is 0 Å². The number of carbonyl (C=O) groups is 1. The summed E-state index contributed by atoms with van der Waals surface area (Å²) in [5.74, 6) is 5.66. The van der Waals surface area contributed by atoms with Crippen LogP contribution in [0.25, 0.3) is 11.1 Å². The zero-order chi connectivity index (χ0) is 27.3. The molecule has 0 heterocycles. The van der Waals surface area contributed by atoms with E-state index in [1.54, 1.807) is 0 Å². The average molecular weight is 509 g/mol. The molecule has 198 valence electrons. The summed E-state index contributed by atoms with van der Waals surface area (Å²) in [6.07, 6.45) is 6.79. The van der Waals surface area contributed by atoms with E-state index in [0.29, 0.717) is 0 Å². The van der Waals surface area contributed by atoms with Crippen LogP contribution in [0.1, 0.15) is 92.2 Å². The second-order valence-electron chi connectivity index (χ2n) is 11.0. The van der Waals surface area contributed by atoms with E-state index in [1.807, 2.05) is 24.3 Å². The first-order valence-electron chi connectivity index (χ1n) is 14.0. The molecule has 2 N–H and O–H groups in total. The smallest absolute Gasteiger partial charge is 0.307 e. The monoisotopic (exact) mass is 508 g/mol. The number of benzene rings is 3. The summed E-state index contributed by atoms with van der Waals surface area (Å²) in [5.41, 5.74) is 7.92. The Bertz CT molecular complexity index is 1360. The van der Waals surface area contributed by atoms with Crippen LogP contribution in [0.4, 0.5) is 0 Å². The van der Waals surface area contributed by atoms with Gasteiger partial charge in [0, 0.05) is 11.0 Å². The van der Waals surface area contributed by atoms with Gasteiger partial charge in [0.2, 0.25) is 0 Å². The Balaban J connectivity index is 1.67. The van der Waals surface area contributed by atoms with Crippen LogP contribution in [-0.2, 0) is 16.6 Å². The van der Waals surface area contributed by atoms with Crippen LogP contribution in [0.15, 0.2) is 60.7 Å². The normalized spacial score (nSPS) is 15.0. The van der Waals surface area contributed by atoms with Gasteiger partial charge in [-0.3, -0.25) is 4.79 Å². The highest BCUT2D eigenvalue weighted by atomic mass is 16.4. The lowest BCUT2D eigenvalue weighted by Crippen LogP contribution is -2.29. The van der Waals surface area contributed by atoms with Gasteiger partial charge in [-0.05, 0) is 97.4 Å². The Labute approximate surface area is 227 Å². The first-order valence-corrected chi connectivity index (χ1v) is 14.0. The number of hydrogen-bond donors (Lipinski definition) is 2. The van der Waals surface area contributed by atoms with E-state index < -0.39 is 11.6 Å². The highest BCUT2D eigenvalue weighted by Gasteiger charge is 2.31. The maximum atomic E-state index is 11.2. The molecule has 1 saturated carbocycles. The predicted octanol–water partition coefficient (Wildman–Crippen LogP) is 7.75. The van der Waals surface area contributed by atoms with Gasteiger partial charge in [-0.15, -0.1) is 0 Å². The minimum absolute atomic E-state index is 0.0266. The van der Waals surface area contributed by atoms with Crippen LogP contribution in [0, 0.1) is 25.7 Å². The third-order valence-corrected chi connectivity index (χ3v) is 8.47. The molecule has 0 spiro atoms. The number of aliphatic carboxylic acids is 1. The minimum Gasteiger partial charge on any atom is -0.481 e. The highest BCUT2D eigenvalue weighted by Crippen LogP contribution is 2.41. The van der Waals surface area contributed by atoms with Crippen molar-refractivity contribution in [1.29, 1.82) is 0 Å². The third kappa shape index (κ3) is 5.87. The molecule has 3 nitrogen and oxygen atoms in total. The molecule has 0 radical (unpaired) electrons. The van der Waals surface area contributed by atoms with Gasteiger partial charge in [0.1, 0.15) is 5.60 Å². The Morgan fingerprint density at radius 3 is 2.16 bits per heavy atom. The maximum absolute atomic E-state index is 11.2. The number of hydrogen-bond acceptors (Lipinski definition) is 2. The predicted molar refractivity (Wildman–Crippen MR) is 155 cm³/mol. The molecular formula is C35H40O3. The van der Waals surface area contributed by atoms with E-state index in [9.17, 15) is 15.0 Å². The Morgan fingerprint density at radius 2 is 1.55 bits per heavy atom. The fourth-order valence-corrected chi connectivity index (χ4v) is 6.09. The van der Waals surface area contributed by atoms with Gasteiger partial charge in [0.25, 0.3) is 0 Å². The molecule has 1 aliphatic rings. The number of carboxylic acid groups (broad SMARTS) is 1. The maximum Gasteiger partial charge on any atom is 0.307 e.